The quantitative estimate of drug-likeness (QED) is 0.284. The molecule has 4 heteroatoms. The highest BCUT2D eigenvalue weighted by Crippen LogP contribution is 2.39. The zero-order valence-corrected chi connectivity index (χ0v) is 20.3. The fourth-order valence-electron chi connectivity index (χ4n) is 4.36. The smallest absolute Gasteiger partial charge is 0.226 e. The van der Waals surface area contributed by atoms with Crippen molar-refractivity contribution >= 4 is 5.91 Å². The van der Waals surface area contributed by atoms with E-state index in [4.69, 9.17) is 9.47 Å². The van der Waals surface area contributed by atoms with Gasteiger partial charge in [-0.3, -0.25) is 4.79 Å². The number of rotatable bonds is 14. The molecule has 0 heterocycles. The highest BCUT2D eigenvalue weighted by atomic mass is 16.5. The fraction of sp³-hybridized carbons (Fsp3) is 0.483. The Morgan fingerprint density at radius 2 is 1.36 bits per heavy atom. The van der Waals surface area contributed by atoms with E-state index in [9.17, 15) is 4.79 Å². The molecule has 0 unspecified atom stereocenters. The predicted molar refractivity (Wildman–Crippen MR) is 134 cm³/mol. The van der Waals surface area contributed by atoms with Gasteiger partial charge in [0.1, 0.15) is 0 Å². The molecule has 0 fully saturated rings. The van der Waals surface area contributed by atoms with Crippen LogP contribution in [0.3, 0.4) is 0 Å². The van der Waals surface area contributed by atoms with Gasteiger partial charge < -0.3 is 14.4 Å². The third kappa shape index (κ3) is 8.79. The molecule has 0 atom stereocenters. The molecule has 1 aliphatic carbocycles. The van der Waals surface area contributed by atoms with Crippen LogP contribution < -0.4 is 0 Å². The number of carbonyl (C=O) groups excluding carboxylic acids is 1. The number of ether oxygens (including phenoxy) is 2. The van der Waals surface area contributed by atoms with Gasteiger partial charge >= 0.3 is 0 Å². The lowest BCUT2D eigenvalue weighted by molar-refractivity contribution is -0.128. The number of benzene rings is 2. The van der Waals surface area contributed by atoms with Crippen molar-refractivity contribution in [1.29, 1.82) is 0 Å². The second-order valence-corrected chi connectivity index (χ2v) is 9.49. The molecular formula is C29H39NO3. The van der Waals surface area contributed by atoms with Gasteiger partial charge in [0.2, 0.25) is 5.91 Å². The van der Waals surface area contributed by atoms with E-state index in [1.54, 1.807) is 4.90 Å². The van der Waals surface area contributed by atoms with E-state index in [1.165, 1.54) is 16.7 Å². The van der Waals surface area contributed by atoms with E-state index in [1.807, 2.05) is 14.1 Å². The van der Waals surface area contributed by atoms with Crippen molar-refractivity contribution in [3.63, 3.8) is 0 Å². The first-order valence-electron chi connectivity index (χ1n) is 12.2. The van der Waals surface area contributed by atoms with Crippen LogP contribution in [0.5, 0.6) is 0 Å². The van der Waals surface area contributed by atoms with Crippen LogP contribution in [0, 0.1) is 5.41 Å². The first kappa shape index (κ1) is 25.2. The Labute approximate surface area is 199 Å². The van der Waals surface area contributed by atoms with E-state index >= 15 is 0 Å². The highest BCUT2D eigenvalue weighted by Gasteiger charge is 2.36. The topological polar surface area (TPSA) is 38.8 Å². The van der Waals surface area contributed by atoms with E-state index in [-0.39, 0.29) is 11.3 Å². The molecule has 0 radical (unpaired) electrons. The molecule has 4 nitrogen and oxygen atoms in total. The van der Waals surface area contributed by atoms with Crippen LogP contribution in [0.15, 0.2) is 72.3 Å². The standard InChI is InChI=1S/C29H39NO3/c1-30(2)28(31)21-27-17-18-29(22-27,23-32-19-9-15-25-11-5-3-6-12-25)24-33-20-10-16-26-13-7-4-8-14-26/h3-8,11-14,17H,9-10,15-16,18-24H2,1-2H3. The van der Waals surface area contributed by atoms with Crippen LogP contribution in [0.25, 0.3) is 0 Å². The lowest BCUT2D eigenvalue weighted by Crippen LogP contribution is -2.31. The molecule has 0 saturated carbocycles. The van der Waals surface area contributed by atoms with Crippen LogP contribution in [0.1, 0.15) is 43.2 Å². The normalized spacial score (nSPS) is 14.8. The number of allylic oxidation sites excluding steroid dienone is 1. The van der Waals surface area contributed by atoms with E-state index in [0.717, 1.165) is 51.7 Å². The number of carbonyl (C=O) groups is 1. The zero-order chi connectivity index (χ0) is 23.4. The van der Waals surface area contributed by atoms with Crippen molar-refractivity contribution in [3.05, 3.63) is 83.4 Å². The molecule has 1 amide bonds. The number of nitrogens with zero attached hydrogens (tertiary/aromatic N) is 1. The van der Waals surface area contributed by atoms with Crippen LogP contribution in [0.4, 0.5) is 0 Å². The van der Waals surface area contributed by atoms with Crippen molar-refractivity contribution in [2.75, 3.05) is 40.5 Å². The average molecular weight is 450 g/mol. The maximum atomic E-state index is 12.2. The Bertz CT molecular complexity index is 811. The molecule has 0 bridgehead atoms. The largest absolute Gasteiger partial charge is 0.381 e. The molecule has 2 aromatic carbocycles. The Kier molecular flexibility index (Phi) is 10.2. The van der Waals surface area contributed by atoms with Crippen LogP contribution in [0.2, 0.25) is 0 Å². The Balaban J connectivity index is 1.44. The van der Waals surface area contributed by atoms with Crippen LogP contribution in [-0.2, 0) is 27.1 Å². The summed E-state index contributed by atoms with van der Waals surface area (Å²) in [5, 5.41) is 0. The number of amides is 1. The summed E-state index contributed by atoms with van der Waals surface area (Å²) < 4.78 is 12.3. The van der Waals surface area contributed by atoms with E-state index in [2.05, 4.69) is 66.7 Å². The number of hydrogen-bond donors (Lipinski definition) is 0. The van der Waals surface area contributed by atoms with E-state index < -0.39 is 0 Å². The molecule has 0 saturated heterocycles. The van der Waals surface area contributed by atoms with Crippen LogP contribution >= 0.6 is 0 Å². The summed E-state index contributed by atoms with van der Waals surface area (Å²) in [6.07, 6.45) is 8.62. The SMILES string of the molecule is CN(C)C(=O)CC1=CCC(COCCCc2ccccc2)(COCCCc2ccccc2)C1. The average Bonchev–Trinajstić information content (AvgIpc) is 3.22. The summed E-state index contributed by atoms with van der Waals surface area (Å²) in [7, 11) is 3.63. The van der Waals surface area contributed by atoms with Gasteiger partial charge in [-0.2, -0.15) is 0 Å². The van der Waals surface area contributed by atoms with Gasteiger partial charge in [-0.1, -0.05) is 72.3 Å². The second-order valence-electron chi connectivity index (χ2n) is 9.49. The van der Waals surface area contributed by atoms with E-state index in [0.29, 0.717) is 19.6 Å². The first-order chi connectivity index (χ1) is 16.1. The lowest BCUT2D eigenvalue weighted by Gasteiger charge is -2.29. The maximum absolute atomic E-state index is 12.2. The maximum Gasteiger partial charge on any atom is 0.226 e. The minimum absolute atomic E-state index is 0.0541. The Morgan fingerprint density at radius 3 is 1.85 bits per heavy atom. The summed E-state index contributed by atoms with van der Waals surface area (Å²) in [5.74, 6) is 0.157. The molecule has 178 valence electrons. The Hall–Kier alpha value is -2.43. The molecule has 1 aliphatic rings. The summed E-state index contributed by atoms with van der Waals surface area (Å²) in [5.41, 5.74) is 3.87. The molecule has 0 aromatic heterocycles. The number of aryl methyl sites for hydroxylation is 2. The minimum Gasteiger partial charge on any atom is -0.381 e. The summed E-state index contributed by atoms with van der Waals surface area (Å²) in [6.45, 7) is 2.85. The lowest BCUT2D eigenvalue weighted by atomic mass is 9.85. The van der Waals surface area contributed by atoms with Crippen molar-refractivity contribution in [3.8, 4) is 0 Å². The third-order valence-electron chi connectivity index (χ3n) is 6.31. The van der Waals surface area contributed by atoms with Crippen LogP contribution in [-0.4, -0.2) is 51.3 Å². The zero-order valence-electron chi connectivity index (χ0n) is 20.3. The fourth-order valence-corrected chi connectivity index (χ4v) is 4.36. The van der Waals surface area contributed by atoms with Gasteiger partial charge in [-0.05, 0) is 49.7 Å². The van der Waals surface area contributed by atoms with Gasteiger partial charge in [-0.25, -0.2) is 0 Å². The highest BCUT2D eigenvalue weighted by molar-refractivity contribution is 5.78. The summed E-state index contributed by atoms with van der Waals surface area (Å²) in [6, 6.07) is 21.1. The van der Waals surface area contributed by atoms with Gasteiger partial charge in [0.25, 0.3) is 0 Å². The van der Waals surface area contributed by atoms with Crippen molar-refractivity contribution < 1.29 is 14.3 Å². The van der Waals surface area contributed by atoms with Gasteiger partial charge in [0.05, 0.1) is 13.2 Å². The Morgan fingerprint density at radius 1 is 0.848 bits per heavy atom. The van der Waals surface area contributed by atoms with Gasteiger partial charge in [0.15, 0.2) is 0 Å². The first-order valence-corrected chi connectivity index (χ1v) is 12.2. The predicted octanol–water partition coefficient (Wildman–Crippen LogP) is 5.47. The van der Waals surface area contributed by atoms with Gasteiger partial charge in [0, 0.05) is 39.1 Å². The van der Waals surface area contributed by atoms with Gasteiger partial charge in [-0.15, -0.1) is 0 Å². The molecule has 2 aromatic rings. The third-order valence-corrected chi connectivity index (χ3v) is 6.31. The van der Waals surface area contributed by atoms with Crippen molar-refractivity contribution in [2.24, 2.45) is 5.41 Å². The summed E-state index contributed by atoms with van der Waals surface area (Å²) in [4.78, 5) is 13.9. The monoisotopic (exact) mass is 449 g/mol. The minimum atomic E-state index is -0.0541. The summed E-state index contributed by atoms with van der Waals surface area (Å²) >= 11 is 0. The molecule has 0 spiro atoms. The van der Waals surface area contributed by atoms with Crippen molar-refractivity contribution in [1.82, 2.24) is 4.90 Å². The molecule has 0 aliphatic heterocycles. The molecule has 0 N–H and O–H groups in total. The number of hydrogen-bond acceptors (Lipinski definition) is 3. The van der Waals surface area contributed by atoms with Crippen molar-refractivity contribution in [2.45, 2.75) is 44.9 Å². The molecular weight excluding hydrogens is 410 g/mol. The molecule has 33 heavy (non-hydrogen) atoms. The molecule has 3 rings (SSSR count). The second kappa shape index (κ2) is 13.3.